The van der Waals surface area contributed by atoms with E-state index < -0.39 is 35.5 Å². The maximum Gasteiger partial charge on any atom is 0.234 e. The summed E-state index contributed by atoms with van der Waals surface area (Å²) in [6.07, 6.45) is 5.49. The number of fused-ring (bicyclic) bond motifs is 4. The Labute approximate surface area is 334 Å². The number of piperidine rings is 2. The van der Waals surface area contributed by atoms with Crippen LogP contribution >= 0.6 is 0 Å². The summed E-state index contributed by atoms with van der Waals surface area (Å²) in [6.45, 7) is 4.75. The molecule has 6 atom stereocenters. The first kappa shape index (κ1) is 37.6. The molecule has 1 saturated carbocycles. The molecule has 0 spiro atoms. The van der Waals surface area contributed by atoms with E-state index in [4.69, 9.17) is 9.47 Å². The van der Waals surface area contributed by atoms with E-state index in [1.807, 2.05) is 42.5 Å². The fourth-order valence-electron chi connectivity index (χ4n) is 11.2. The number of rotatable bonds is 9. The van der Waals surface area contributed by atoms with Crippen LogP contribution in [0.5, 0.6) is 17.2 Å². The maximum atomic E-state index is 14.8. The van der Waals surface area contributed by atoms with E-state index in [9.17, 15) is 24.3 Å². The van der Waals surface area contributed by atoms with Gasteiger partial charge in [0.15, 0.2) is 0 Å². The number of hydrogen-bond acceptors (Lipinski definition) is 9. The van der Waals surface area contributed by atoms with Gasteiger partial charge >= 0.3 is 0 Å². The van der Waals surface area contributed by atoms with Crippen molar-refractivity contribution in [2.45, 2.75) is 69.6 Å². The predicted octanol–water partition coefficient (Wildman–Crippen LogP) is 5.37. The number of benzene rings is 3. The van der Waals surface area contributed by atoms with Gasteiger partial charge in [-0.25, -0.2) is 0 Å². The van der Waals surface area contributed by atoms with E-state index in [1.165, 1.54) is 36.3 Å². The Morgan fingerprint density at radius 2 is 1.16 bits per heavy atom. The van der Waals surface area contributed by atoms with Gasteiger partial charge in [-0.15, -0.1) is 0 Å². The topological polar surface area (TPSA) is 120 Å². The molecule has 3 aromatic rings. The number of carbonyl (C=O) groups is 4. The highest BCUT2D eigenvalue weighted by Gasteiger charge is 2.63. The van der Waals surface area contributed by atoms with Gasteiger partial charge in [-0.1, -0.05) is 72.3 Å². The van der Waals surface area contributed by atoms with Crippen molar-refractivity contribution in [3.8, 4) is 17.2 Å². The van der Waals surface area contributed by atoms with Crippen LogP contribution in [0.4, 0.5) is 0 Å². The van der Waals surface area contributed by atoms with Gasteiger partial charge in [-0.05, 0) is 55.6 Å². The van der Waals surface area contributed by atoms with E-state index in [0.717, 1.165) is 44.8 Å². The molecule has 57 heavy (non-hydrogen) atoms. The molecule has 5 fully saturated rings. The summed E-state index contributed by atoms with van der Waals surface area (Å²) in [5.41, 5.74) is 3.73. The Bertz CT molecular complexity index is 2060. The number of nitrogens with zero attached hydrogens (tertiary/aromatic N) is 4. The number of phenolic OH excluding ortho intramolecular Hbond substituents is 1. The number of hydrogen-bond donors (Lipinski definition) is 1. The van der Waals surface area contributed by atoms with Crippen LogP contribution in [-0.4, -0.2) is 101 Å². The third kappa shape index (κ3) is 6.62. The number of imide groups is 2. The minimum atomic E-state index is -0.774. The first-order valence-corrected chi connectivity index (χ1v) is 20.7. The van der Waals surface area contributed by atoms with Crippen LogP contribution in [0.15, 0.2) is 84.4 Å². The standard InChI is InChI=1S/C46H52N4O7/c1-56-32-23-37(51)42(38(24-32)57-2)40-33-13-14-34-39(45(54)49(43(34)52)30-15-19-47(20-16-30)26-28-9-5-3-6-10-28)35(33)25-36-41(40)46(55)50(44(36)53)31-17-21-48(22-18-31)27-29-11-7-4-8-12-29/h3-13,23-24,30-31,34-36,39-41,51H,14-22,25-27H2,1-2H3. The Balaban J connectivity index is 1.00. The molecular formula is C46H52N4O7. The molecule has 0 radical (unpaired) electrons. The summed E-state index contributed by atoms with van der Waals surface area (Å²) < 4.78 is 11.3. The molecule has 0 bridgehead atoms. The van der Waals surface area contributed by atoms with E-state index >= 15 is 0 Å². The third-order valence-corrected chi connectivity index (χ3v) is 13.9. The van der Waals surface area contributed by atoms with Crippen LogP contribution in [0.3, 0.4) is 0 Å². The minimum Gasteiger partial charge on any atom is -0.507 e. The van der Waals surface area contributed by atoms with Crippen LogP contribution in [0, 0.1) is 29.6 Å². The van der Waals surface area contributed by atoms with Gasteiger partial charge in [-0.2, -0.15) is 0 Å². The summed E-state index contributed by atoms with van der Waals surface area (Å²) in [4.78, 5) is 66.4. The van der Waals surface area contributed by atoms with E-state index in [-0.39, 0.29) is 41.5 Å². The second kappa shape index (κ2) is 15.4. The molecular weight excluding hydrogens is 721 g/mol. The fraction of sp³-hybridized carbons (Fsp3) is 0.478. The number of amides is 4. The second-order valence-corrected chi connectivity index (χ2v) is 16.9. The molecule has 4 aliphatic heterocycles. The summed E-state index contributed by atoms with van der Waals surface area (Å²) in [6, 6.07) is 23.4. The van der Waals surface area contributed by atoms with Crippen LogP contribution in [0.1, 0.15) is 61.1 Å². The molecule has 298 valence electrons. The molecule has 11 heteroatoms. The van der Waals surface area contributed by atoms with Gasteiger partial charge in [0.05, 0.1) is 37.9 Å². The number of carbonyl (C=O) groups excluding carboxylic acids is 4. The number of allylic oxidation sites excluding steroid dienone is 2. The highest BCUT2D eigenvalue weighted by molar-refractivity contribution is 6.08. The molecule has 9 rings (SSSR count). The van der Waals surface area contributed by atoms with Crippen LogP contribution in [0.25, 0.3) is 0 Å². The summed E-state index contributed by atoms with van der Waals surface area (Å²) in [5.74, 6) is -3.84. The van der Waals surface area contributed by atoms with Gasteiger partial charge in [-0.3, -0.25) is 38.8 Å². The molecule has 4 amide bonds. The molecule has 11 nitrogen and oxygen atoms in total. The number of methoxy groups -OCH3 is 2. The molecule has 1 N–H and O–H groups in total. The van der Waals surface area contributed by atoms with E-state index in [1.54, 1.807) is 11.0 Å². The molecule has 6 unspecified atom stereocenters. The molecule has 4 heterocycles. The van der Waals surface area contributed by atoms with Gasteiger partial charge in [0.25, 0.3) is 0 Å². The summed E-state index contributed by atoms with van der Waals surface area (Å²) in [7, 11) is 3.02. The highest BCUT2D eigenvalue weighted by Crippen LogP contribution is 2.61. The number of phenols is 1. The third-order valence-electron chi connectivity index (χ3n) is 13.9. The lowest BCUT2D eigenvalue weighted by Gasteiger charge is -2.44. The quantitative estimate of drug-likeness (QED) is 0.226. The van der Waals surface area contributed by atoms with Crippen molar-refractivity contribution in [2.75, 3.05) is 40.4 Å². The molecule has 4 saturated heterocycles. The van der Waals surface area contributed by atoms with Gasteiger partial charge < -0.3 is 14.6 Å². The van der Waals surface area contributed by atoms with Gasteiger partial charge in [0, 0.05) is 75.0 Å². The van der Waals surface area contributed by atoms with Crippen molar-refractivity contribution in [2.24, 2.45) is 29.6 Å². The SMILES string of the molecule is COc1cc(O)c(C2C3=CCC4C(=O)N(C5CCN(Cc6ccccc6)CC5)C(=O)C4C3CC3C(=O)N(C4CCN(Cc5ccccc5)CC4)C(=O)C32)c(OC)c1. The fourth-order valence-corrected chi connectivity index (χ4v) is 11.2. The van der Waals surface area contributed by atoms with Gasteiger partial charge in [0.1, 0.15) is 17.2 Å². The lowest BCUT2D eigenvalue weighted by molar-refractivity contribution is -0.146. The Morgan fingerprint density at radius 1 is 0.632 bits per heavy atom. The summed E-state index contributed by atoms with van der Waals surface area (Å²) in [5, 5.41) is 11.7. The average molecular weight is 773 g/mol. The van der Waals surface area contributed by atoms with Crippen LogP contribution in [0.2, 0.25) is 0 Å². The maximum absolute atomic E-state index is 14.8. The first-order chi connectivity index (χ1) is 27.7. The zero-order valence-corrected chi connectivity index (χ0v) is 32.8. The first-order valence-electron chi connectivity index (χ1n) is 20.7. The van der Waals surface area contributed by atoms with Crippen LogP contribution < -0.4 is 9.47 Å². The molecule has 0 aromatic heterocycles. The minimum absolute atomic E-state index is 0.0933. The Hall–Kier alpha value is -5.00. The second-order valence-electron chi connectivity index (χ2n) is 16.9. The predicted molar refractivity (Wildman–Crippen MR) is 212 cm³/mol. The Kier molecular flexibility index (Phi) is 10.1. The monoisotopic (exact) mass is 772 g/mol. The largest absolute Gasteiger partial charge is 0.507 e. The van der Waals surface area contributed by atoms with E-state index in [0.29, 0.717) is 55.6 Å². The van der Waals surface area contributed by atoms with Gasteiger partial charge in [0.2, 0.25) is 23.6 Å². The Morgan fingerprint density at radius 3 is 1.68 bits per heavy atom. The number of likely N-dealkylation sites (tertiary alicyclic amines) is 4. The summed E-state index contributed by atoms with van der Waals surface area (Å²) >= 11 is 0. The highest BCUT2D eigenvalue weighted by atomic mass is 16.5. The molecule has 6 aliphatic rings. The number of aromatic hydroxyl groups is 1. The molecule has 2 aliphatic carbocycles. The van der Waals surface area contributed by atoms with Crippen molar-refractivity contribution in [1.29, 1.82) is 0 Å². The lowest BCUT2D eigenvalue weighted by atomic mass is 9.57. The lowest BCUT2D eigenvalue weighted by Crippen LogP contribution is -2.48. The number of ether oxygens (including phenoxy) is 2. The zero-order chi connectivity index (χ0) is 39.4. The van der Waals surface area contributed by atoms with Crippen molar-refractivity contribution in [3.63, 3.8) is 0 Å². The van der Waals surface area contributed by atoms with Crippen molar-refractivity contribution >= 4 is 23.6 Å². The van der Waals surface area contributed by atoms with Crippen molar-refractivity contribution in [1.82, 2.24) is 19.6 Å². The molecule has 3 aromatic carbocycles. The van der Waals surface area contributed by atoms with Crippen molar-refractivity contribution in [3.05, 3.63) is 101 Å². The smallest absolute Gasteiger partial charge is 0.234 e. The van der Waals surface area contributed by atoms with Crippen LogP contribution in [-0.2, 0) is 32.3 Å². The van der Waals surface area contributed by atoms with E-state index in [2.05, 4.69) is 34.1 Å². The zero-order valence-electron chi connectivity index (χ0n) is 32.8. The normalized spacial score (nSPS) is 28.6. The average Bonchev–Trinajstić information content (AvgIpc) is 3.64. The van der Waals surface area contributed by atoms with Crippen molar-refractivity contribution < 1.29 is 33.8 Å².